The molecule has 0 aliphatic heterocycles. The van der Waals surface area contributed by atoms with Crippen LogP contribution in [0.15, 0.2) is 4.52 Å². The molecule has 5 nitrogen and oxygen atoms in total. The molecule has 0 radical (unpaired) electrons. The van der Waals surface area contributed by atoms with Crippen LogP contribution >= 0.6 is 0 Å². The van der Waals surface area contributed by atoms with E-state index in [1.807, 2.05) is 6.92 Å². The SMILES string of the molecule is CCc1onc(C)c1C(=O)NCC1(N)CCCCCC1. The van der Waals surface area contributed by atoms with Gasteiger partial charge in [-0.15, -0.1) is 0 Å². The fraction of sp³-hybridized carbons (Fsp3) is 0.733. The van der Waals surface area contributed by atoms with Crippen molar-refractivity contribution in [3.63, 3.8) is 0 Å². The van der Waals surface area contributed by atoms with E-state index in [9.17, 15) is 4.79 Å². The van der Waals surface area contributed by atoms with Gasteiger partial charge < -0.3 is 15.6 Å². The molecular formula is C15H25N3O2. The Morgan fingerprint density at radius 1 is 1.35 bits per heavy atom. The van der Waals surface area contributed by atoms with E-state index in [1.54, 1.807) is 6.92 Å². The molecule has 5 heteroatoms. The summed E-state index contributed by atoms with van der Waals surface area (Å²) in [5.41, 5.74) is 7.37. The zero-order valence-corrected chi connectivity index (χ0v) is 12.5. The Morgan fingerprint density at radius 3 is 2.60 bits per heavy atom. The summed E-state index contributed by atoms with van der Waals surface area (Å²) in [6, 6.07) is 0. The molecule has 1 fully saturated rings. The molecule has 20 heavy (non-hydrogen) atoms. The molecule has 0 unspecified atom stereocenters. The Hall–Kier alpha value is -1.36. The lowest BCUT2D eigenvalue weighted by Gasteiger charge is -2.28. The highest BCUT2D eigenvalue weighted by atomic mass is 16.5. The van der Waals surface area contributed by atoms with Gasteiger partial charge in [0.05, 0.1) is 5.69 Å². The first kappa shape index (κ1) is 15.0. The number of nitrogens with zero attached hydrogens (tertiary/aromatic N) is 1. The third kappa shape index (κ3) is 3.39. The van der Waals surface area contributed by atoms with E-state index >= 15 is 0 Å². The van der Waals surface area contributed by atoms with Gasteiger partial charge in [-0.05, 0) is 19.8 Å². The van der Waals surface area contributed by atoms with Crippen LogP contribution < -0.4 is 11.1 Å². The topological polar surface area (TPSA) is 81.2 Å². The molecule has 0 bridgehead atoms. The number of nitrogens with two attached hydrogens (primary N) is 1. The molecule has 3 N–H and O–H groups in total. The maximum absolute atomic E-state index is 12.3. The molecule has 1 amide bonds. The molecule has 1 heterocycles. The Kier molecular flexibility index (Phi) is 4.81. The molecule has 0 saturated heterocycles. The van der Waals surface area contributed by atoms with E-state index in [0.717, 1.165) is 25.7 Å². The number of aryl methyl sites for hydroxylation is 2. The van der Waals surface area contributed by atoms with E-state index in [0.29, 0.717) is 30.0 Å². The first-order valence-electron chi connectivity index (χ1n) is 7.58. The third-order valence-electron chi connectivity index (χ3n) is 4.18. The predicted molar refractivity (Wildman–Crippen MR) is 77.6 cm³/mol. The summed E-state index contributed by atoms with van der Waals surface area (Å²) in [6.45, 7) is 4.27. The van der Waals surface area contributed by atoms with Crippen LogP contribution in [0.3, 0.4) is 0 Å². The zero-order valence-electron chi connectivity index (χ0n) is 12.5. The van der Waals surface area contributed by atoms with Crippen molar-refractivity contribution in [3.8, 4) is 0 Å². The van der Waals surface area contributed by atoms with E-state index in [2.05, 4.69) is 10.5 Å². The number of hydrogen-bond acceptors (Lipinski definition) is 4. The van der Waals surface area contributed by atoms with Crippen LogP contribution in [0.1, 0.15) is 67.3 Å². The van der Waals surface area contributed by atoms with Crippen LogP contribution in [-0.4, -0.2) is 23.1 Å². The highest BCUT2D eigenvalue weighted by Crippen LogP contribution is 2.24. The minimum absolute atomic E-state index is 0.116. The number of nitrogens with one attached hydrogen (secondary N) is 1. The smallest absolute Gasteiger partial charge is 0.256 e. The monoisotopic (exact) mass is 279 g/mol. The summed E-state index contributed by atoms with van der Waals surface area (Å²) < 4.78 is 5.16. The second-order valence-electron chi connectivity index (χ2n) is 5.88. The number of carbonyl (C=O) groups excluding carboxylic acids is 1. The summed E-state index contributed by atoms with van der Waals surface area (Å²) in [7, 11) is 0. The van der Waals surface area contributed by atoms with Crippen molar-refractivity contribution in [1.82, 2.24) is 10.5 Å². The average molecular weight is 279 g/mol. The maximum Gasteiger partial charge on any atom is 0.256 e. The first-order chi connectivity index (χ1) is 9.56. The normalized spacial score (nSPS) is 18.6. The van der Waals surface area contributed by atoms with Crippen LogP contribution in [0.4, 0.5) is 0 Å². The second kappa shape index (κ2) is 6.39. The van der Waals surface area contributed by atoms with Gasteiger partial charge in [0, 0.05) is 18.5 Å². The highest BCUT2D eigenvalue weighted by Gasteiger charge is 2.28. The molecule has 0 atom stereocenters. The minimum Gasteiger partial charge on any atom is -0.360 e. The predicted octanol–water partition coefficient (Wildman–Crippen LogP) is 2.33. The molecule has 1 aromatic heterocycles. The number of carbonyl (C=O) groups is 1. The quantitative estimate of drug-likeness (QED) is 0.829. The summed E-state index contributed by atoms with van der Waals surface area (Å²) in [6.07, 6.45) is 7.43. The molecule has 0 aromatic carbocycles. The summed E-state index contributed by atoms with van der Waals surface area (Å²) in [4.78, 5) is 12.3. The fourth-order valence-corrected chi connectivity index (χ4v) is 2.90. The lowest BCUT2D eigenvalue weighted by molar-refractivity contribution is 0.0938. The van der Waals surface area contributed by atoms with E-state index < -0.39 is 0 Å². The first-order valence-corrected chi connectivity index (χ1v) is 7.58. The van der Waals surface area contributed by atoms with Gasteiger partial charge in [0.15, 0.2) is 0 Å². The highest BCUT2D eigenvalue weighted by molar-refractivity contribution is 5.96. The maximum atomic E-state index is 12.3. The largest absolute Gasteiger partial charge is 0.360 e. The van der Waals surface area contributed by atoms with Gasteiger partial charge in [-0.25, -0.2) is 0 Å². The Bertz CT molecular complexity index is 460. The van der Waals surface area contributed by atoms with E-state index in [-0.39, 0.29) is 11.4 Å². The van der Waals surface area contributed by atoms with Gasteiger partial charge in [0.25, 0.3) is 5.91 Å². The van der Waals surface area contributed by atoms with Gasteiger partial charge in [0.1, 0.15) is 11.3 Å². The van der Waals surface area contributed by atoms with Gasteiger partial charge in [-0.3, -0.25) is 4.79 Å². The van der Waals surface area contributed by atoms with Crippen LogP contribution in [0.5, 0.6) is 0 Å². The van der Waals surface area contributed by atoms with Gasteiger partial charge >= 0.3 is 0 Å². The molecule has 1 aliphatic rings. The molecule has 1 aromatic rings. The average Bonchev–Trinajstić information content (AvgIpc) is 2.67. The van der Waals surface area contributed by atoms with Gasteiger partial charge in [-0.1, -0.05) is 37.8 Å². The van der Waals surface area contributed by atoms with Crippen molar-refractivity contribution in [3.05, 3.63) is 17.0 Å². The molecule has 0 spiro atoms. The molecule has 1 saturated carbocycles. The lowest BCUT2D eigenvalue weighted by atomic mass is 9.91. The summed E-state index contributed by atoms with van der Waals surface area (Å²) in [5, 5.41) is 6.84. The van der Waals surface area contributed by atoms with Gasteiger partial charge in [0.2, 0.25) is 0 Å². The van der Waals surface area contributed by atoms with Crippen LogP contribution in [-0.2, 0) is 6.42 Å². The Balaban J connectivity index is 1.99. The summed E-state index contributed by atoms with van der Waals surface area (Å²) >= 11 is 0. The zero-order chi connectivity index (χ0) is 14.6. The molecular weight excluding hydrogens is 254 g/mol. The second-order valence-corrected chi connectivity index (χ2v) is 5.88. The standard InChI is InChI=1S/C15H25N3O2/c1-3-12-13(11(2)18-20-12)14(19)17-10-15(16)8-6-4-5-7-9-15/h3-10,16H2,1-2H3,(H,17,19). The lowest BCUT2D eigenvalue weighted by Crippen LogP contribution is -2.49. The van der Waals surface area contributed by atoms with Crippen molar-refractivity contribution in [2.45, 2.75) is 64.3 Å². The fourth-order valence-electron chi connectivity index (χ4n) is 2.90. The van der Waals surface area contributed by atoms with Crippen LogP contribution in [0.25, 0.3) is 0 Å². The van der Waals surface area contributed by atoms with Crippen molar-refractivity contribution < 1.29 is 9.32 Å². The van der Waals surface area contributed by atoms with E-state index in [4.69, 9.17) is 10.3 Å². The number of hydrogen-bond donors (Lipinski definition) is 2. The minimum atomic E-state index is -0.260. The van der Waals surface area contributed by atoms with Gasteiger partial charge in [-0.2, -0.15) is 0 Å². The number of aromatic nitrogens is 1. The van der Waals surface area contributed by atoms with E-state index in [1.165, 1.54) is 12.8 Å². The molecule has 112 valence electrons. The van der Waals surface area contributed by atoms with Crippen molar-refractivity contribution in [1.29, 1.82) is 0 Å². The number of rotatable bonds is 4. The van der Waals surface area contributed by atoms with Crippen molar-refractivity contribution in [2.24, 2.45) is 5.73 Å². The molecule has 2 rings (SSSR count). The van der Waals surface area contributed by atoms with Crippen molar-refractivity contribution >= 4 is 5.91 Å². The Morgan fingerprint density at radius 2 is 2.00 bits per heavy atom. The van der Waals surface area contributed by atoms with Crippen LogP contribution in [0.2, 0.25) is 0 Å². The number of amides is 1. The Labute approximate surface area is 120 Å². The van der Waals surface area contributed by atoms with Crippen LogP contribution in [0, 0.1) is 6.92 Å². The summed E-state index contributed by atoms with van der Waals surface area (Å²) in [5.74, 6) is 0.529. The third-order valence-corrected chi connectivity index (χ3v) is 4.18. The van der Waals surface area contributed by atoms with Crippen molar-refractivity contribution in [2.75, 3.05) is 6.54 Å². The molecule has 1 aliphatic carbocycles.